The molecule has 0 radical (unpaired) electrons. The number of carbonyl (C=O) groups excluding carboxylic acids is 1. The molecule has 0 aromatic carbocycles. The molecular formula is C12H17N3O3. The molecule has 6 nitrogen and oxygen atoms in total. The van der Waals surface area contributed by atoms with Crippen LogP contribution in [0.4, 0.5) is 0 Å². The number of carboxylic acid groups (broad SMARTS) is 1. The lowest BCUT2D eigenvalue weighted by atomic mass is 9.90. The fraction of sp³-hybridized carbons (Fsp3) is 0.583. The van der Waals surface area contributed by atoms with Crippen LogP contribution in [0.1, 0.15) is 29.4 Å². The number of hydrogen-bond donors (Lipinski definition) is 1. The minimum absolute atomic E-state index is 0.134. The van der Waals surface area contributed by atoms with E-state index in [1.807, 2.05) is 6.92 Å². The molecule has 1 amide bonds. The summed E-state index contributed by atoms with van der Waals surface area (Å²) in [6, 6.07) is 0. The molecule has 1 N–H and O–H groups in total. The fourth-order valence-corrected chi connectivity index (χ4v) is 2.19. The van der Waals surface area contributed by atoms with Gasteiger partial charge >= 0.3 is 5.97 Å². The zero-order valence-corrected chi connectivity index (χ0v) is 10.8. The van der Waals surface area contributed by atoms with E-state index < -0.39 is 11.4 Å². The van der Waals surface area contributed by atoms with Crippen LogP contribution < -0.4 is 0 Å². The van der Waals surface area contributed by atoms with Crippen molar-refractivity contribution in [2.45, 2.75) is 20.3 Å². The van der Waals surface area contributed by atoms with Gasteiger partial charge in [0, 0.05) is 25.8 Å². The lowest BCUT2D eigenvalue weighted by molar-refractivity contribution is -0.147. The first kappa shape index (κ1) is 12.6. The Morgan fingerprint density at radius 3 is 2.61 bits per heavy atom. The summed E-state index contributed by atoms with van der Waals surface area (Å²) in [5, 5.41) is 13.2. The zero-order valence-electron chi connectivity index (χ0n) is 10.8. The van der Waals surface area contributed by atoms with Crippen LogP contribution in [0.3, 0.4) is 0 Å². The van der Waals surface area contributed by atoms with Crippen LogP contribution in [0.25, 0.3) is 0 Å². The van der Waals surface area contributed by atoms with Gasteiger partial charge in [-0.1, -0.05) is 0 Å². The minimum Gasteiger partial charge on any atom is -0.481 e. The molecule has 0 aliphatic carbocycles. The van der Waals surface area contributed by atoms with Crippen molar-refractivity contribution >= 4 is 11.9 Å². The number of amides is 1. The third kappa shape index (κ3) is 1.87. The van der Waals surface area contributed by atoms with E-state index in [0.29, 0.717) is 18.5 Å². The minimum atomic E-state index is -0.847. The van der Waals surface area contributed by atoms with Crippen LogP contribution in [0.5, 0.6) is 0 Å². The highest BCUT2D eigenvalue weighted by Crippen LogP contribution is 2.31. The number of aliphatic carboxylic acids is 1. The van der Waals surface area contributed by atoms with E-state index >= 15 is 0 Å². The number of hydrogen-bond acceptors (Lipinski definition) is 3. The first-order valence-electron chi connectivity index (χ1n) is 5.86. The molecule has 1 atom stereocenters. The van der Waals surface area contributed by atoms with E-state index in [4.69, 9.17) is 5.11 Å². The Hall–Kier alpha value is -1.85. The number of aryl methyl sites for hydroxylation is 1. The maximum Gasteiger partial charge on any atom is 0.311 e. The van der Waals surface area contributed by atoms with Gasteiger partial charge in [0.1, 0.15) is 0 Å². The average Bonchev–Trinajstić information content (AvgIpc) is 2.85. The molecule has 0 spiro atoms. The van der Waals surface area contributed by atoms with Gasteiger partial charge in [-0.05, 0) is 20.3 Å². The van der Waals surface area contributed by atoms with Crippen LogP contribution in [-0.4, -0.2) is 44.8 Å². The highest BCUT2D eigenvalue weighted by molar-refractivity contribution is 5.95. The molecule has 0 saturated carbocycles. The second kappa shape index (κ2) is 4.12. The van der Waals surface area contributed by atoms with Crippen molar-refractivity contribution in [1.82, 2.24) is 14.7 Å². The van der Waals surface area contributed by atoms with Gasteiger partial charge in [0.2, 0.25) is 0 Å². The summed E-state index contributed by atoms with van der Waals surface area (Å²) in [4.78, 5) is 25.0. The Labute approximate surface area is 105 Å². The molecule has 1 unspecified atom stereocenters. The second-order valence-electron chi connectivity index (χ2n) is 5.11. The van der Waals surface area contributed by atoms with Crippen LogP contribution in [0, 0.1) is 12.3 Å². The second-order valence-corrected chi connectivity index (χ2v) is 5.11. The maximum absolute atomic E-state index is 12.3. The van der Waals surface area contributed by atoms with E-state index in [-0.39, 0.29) is 12.5 Å². The van der Waals surface area contributed by atoms with Gasteiger partial charge in [-0.15, -0.1) is 0 Å². The Bertz CT molecular complexity index is 509. The summed E-state index contributed by atoms with van der Waals surface area (Å²) < 4.78 is 1.64. The molecule has 98 valence electrons. The van der Waals surface area contributed by atoms with Crippen molar-refractivity contribution in [3.63, 3.8) is 0 Å². The number of likely N-dealkylation sites (tertiary alicyclic amines) is 1. The van der Waals surface area contributed by atoms with E-state index in [2.05, 4.69) is 5.10 Å². The Balaban J connectivity index is 2.18. The molecule has 2 heterocycles. The third-order valence-electron chi connectivity index (χ3n) is 3.74. The molecule has 18 heavy (non-hydrogen) atoms. The number of carboxylic acids is 1. The van der Waals surface area contributed by atoms with Gasteiger partial charge in [-0.3, -0.25) is 14.3 Å². The predicted octanol–water partition coefficient (Wildman–Crippen LogP) is 0.665. The number of rotatable bonds is 2. The normalized spacial score (nSPS) is 23.4. The summed E-state index contributed by atoms with van der Waals surface area (Å²) in [7, 11) is 1.78. The van der Waals surface area contributed by atoms with E-state index in [0.717, 1.165) is 5.69 Å². The summed E-state index contributed by atoms with van der Waals surface area (Å²) in [6.07, 6.45) is 2.03. The predicted molar refractivity (Wildman–Crippen MR) is 64.2 cm³/mol. The summed E-state index contributed by atoms with van der Waals surface area (Å²) in [5.41, 5.74) is 0.516. The van der Waals surface area contributed by atoms with Crippen molar-refractivity contribution in [1.29, 1.82) is 0 Å². The van der Waals surface area contributed by atoms with Crippen molar-refractivity contribution in [3.05, 3.63) is 17.5 Å². The maximum atomic E-state index is 12.3. The highest BCUT2D eigenvalue weighted by Gasteiger charge is 2.42. The smallest absolute Gasteiger partial charge is 0.311 e. The van der Waals surface area contributed by atoms with Gasteiger partial charge in [0.25, 0.3) is 5.91 Å². The fourth-order valence-electron chi connectivity index (χ4n) is 2.19. The molecular weight excluding hydrogens is 234 g/mol. The highest BCUT2D eigenvalue weighted by atomic mass is 16.4. The van der Waals surface area contributed by atoms with Crippen molar-refractivity contribution < 1.29 is 14.7 Å². The summed E-state index contributed by atoms with van der Waals surface area (Å²) >= 11 is 0. The molecule has 1 aromatic rings. The van der Waals surface area contributed by atoms with E-state index in [9.17, 15) is 9.59 Å². The van der Waals surface area contributed by atoms with Crippen LogP contribution in [0.2, 0.25) is 0 Å². The molecule has 1 aliphatic rings. The first-order chi connectivity index (χ1) is 8.35. The van der Waals surface area contributed by atoms with Gasteiger partial charge in [0.05, 0.1) is 17.2 Å². The molecule has 1 saturated heterocycles. The van der Waals surface area contributed by atoms with E-state index in [1.165, 1.54) is 6.20 Å². The van der Waals surface area contributed by atoms with Crippen molar-refractivity contribution in [2.24, 2.45) is 12.5 Å². The van der Waals surface area contributed by atoms with Crippen LogP contribution >= 0.6 is 0 Å². The largest absolute Gasteiger partial charge is 0.481 e. The van der Waals surface area contributed by atoms with Crippen LogP contribution in [0.15, 0.2) is 6.20 Å². The first-order valence-corrected chi connectivity index (χ1v) is 5.86. The van der Waals surface area contributed by atoms with Gasteiger partial charge in [-0.2, -0.15) is 5.10 Å². The van der Waals surface area contributed by atoms with Crippen molar-refractivity contribution in [2.75, 3.05) is 13.1 Å². The SMILES string of the molecule is Cc1c(C(=O)N2CCC(C)(C(=O)O)C2)cnn1C. The standard InChI is InChI=1S/C12H17N3O3/c1-8-9(6-13-14(8)3)10(16)15-5-4-12(2,7-15)11(17)18/h6H,4-5,7H2,1-3H3,(H,17,18). The molecule has 1 aromatic heterocycles. The zero-order chi connectivity index (χ0) is 13.5. The number of aromatic nitrogens is 2. The topological polar surface area (TPSA) is 75.4 Å². The van der Waals surface area contributed by atoms with Crippen molar-refractivity contribution in [3.8, 4) is 0 Å². The molecule has 0 bridgehead atoms. The lowest BCUT2D eigenvalue weighted by Crippen LogP contribution is -2.35. The Morgan fingerprint density at radius 1 is 1.50 bits per heavy atom. The van der Waals surface area contributed by atoms with E-state index in [1.54, 1.807) is 23.6 Å². The summed E-state index contributed by atoms with van der Waals surface area (Å²) in [5.74, 6) is -0.980. The molecule has 2 rings (SSSR count). The molecule has 1 fully saturated rings. The van der Waals surface area contributed by atoms with Gasteiger partial charge in [0.15, 0.2) is 0 Å². The average molecular weight is 251 g/mol. The van der Waals surface area contributed by atoms with Gasteiger partial charge < -0.3 is 10.0 Å². The Kier molecular flexibility index (Phi) is 2.88. The quantitative estimate of drug-likeness (QED) is 0.838. The van der Waals surface area contributed by atoms with Gasteiger partial charge in [-0.25, -0.2) is 0 Å². The molecule has 1 aliphatic heterocycles. The monoisotopic (exact) mass is 251 g/mol. The summed E-state index contributed by atoms with van der Waals surface area (Å²) in [6.45, 7) is 4.25. The number of nitrogens with zero attached hydrogens (tertiary/aromatic N) is 3. The Morgan fingerprint density at radius 2 is 2.17 bits per heavy atom. The molecule has 6 heteroatoms. The third-order valence-corrected chi connectivity index (χ3v) is 3.74. The van der Waals surface area contributed by atoms with Crippen LogP contribution in [-0.2, 0) is 11.8 Å². The lowest BCUT2D eigenvalue weighted by Gasteiger charge is -2.20. The number of carbonyl (C=O) groups is 2.